The number of halogens is 1. The van der Waals surface area contributed by atoms with Gasteiger partial charge in [0.15, 0.2) is 0 Å². The number of rotatable bonds is 7. The molecule has 1 rings (SSSR count). The van der Waals surface area contributed by atoms with E-state index in [0.29, 0.717) is 10.6 Å². The smallest absolute Gasteiger partial charge is 0.329 e. The van der Waals surface area contributed by atoms with Gasteiger partial charge in [-0.05, 0) is 18.2 Å². The molecule has 0 aromatic heterocycles. The number of nitrogens with zero attached hydrogens (tertiary/aromatic N) is 1. The molecule has 0 saturated heterocycles. The summed E-state index contributed by atoms with van der Waals surface area (Å²) < 4.78 is 5.00. The van der Waals surface area contributed by atoms with Crippen molar-refractivity contribution < 1.29 is 24.2 Å². The van der Waals surface area contributed by atoms with Crippen molar-refractivity contribution in [2.45, 2.75) is 0 Å². The van der Waals surface area contributed by atoms with E-state index in [0.717, 1.165) is 6.21 Å². The Morgan fingerprint density at radius 3 is 2.74 bits per heavy atom. The Bertz CT molecular complexity index is 645. The van der Waals surface area contributed by atoms with Gasteiger partial charge in [0.25, 0.3) is 0 Å². The molecule has 8 nitrogen and oxygen atoms in total. The first-order chi connectivity index (χ1) is 10.9. The molecule has 0 fully saturated rings. The minimum atomic E-state index is -1.39. The fraction of sp³-hybridized carbons (Fsp3) is 0.143. The highest BCUT2D eigenvalue weighted by Crippen LogP contribution is 2.21. The molecule has 0 heterocycles. The third-order valence-electron chi connectivity index (χ3n) is 2.30. The van der Waals surface area contributed by atoms with E-state index in [1.165, 1.54) is 24.3 Å². The van der Waals surface area contributed by atoms with Crippen molar-refractivity contribution in [1.29, 1.82) is 0 Å². The Balaban J connectivity index is 2.72. The zero-order valence-electron chi connectivity index (χ0n) is 11.9. The fourth-order valence-corrected chi connectivity index (χ4v) is 1.53. The van der Waals surface area contributed by atoms with Crippen LogP contribution in [0.4, 0.5) is 0 Å². The summed E-state index contributed by atoms with van der Waals surface area (Å²) in [6, 6.07) is 4.37. The Morgan fingerprint density at radius 1 is 1.35 bits per heavy atom. The van der Waals surface area contributed by atoms with Crippen LogP contribution in [-0.2, 0) is 14.4 Å². The third kappa shape index (κ3) is 6.62. The van der Waals surface area contributed by atoms with E-state index in [4.69, 9.17) is 16.3 Å². The van der Waals surface area contributed by atoms with Crippen LogP contribution >= 0.6 is 11.6 Å². The number of hydrazone groups is 1. The molecule has 23 heavy (non-hydrogen) atoms. The van der Waals surface area contributed by atoms with Crippen LogP contribution in [0, 0.1) is 0 Å². The molecule has 0 saturated carbocycles. The van der Waals surface area contributed by atoms with Crippen LogP contribution in [0.2, 0.25) is 5.02 Å². The average Bonchev–Trinajstić information content (AvgIpc) is 2.51. The molecule has 122 valence electrons. The Morgan fingerprint density at radius 2 is 2.09 bits per heavy atom. The van der Waals surface area contributed by atoms with Crippen LogP contribution in [0.25, 0.3) is 0 Å². The number of nitrogens with one attached hydrogen (secondary N) is 2. The number of carboxylic acid groups (broad SMARTS) is 1. The maximum atomic E-state index is 11.4. The standard InChI is InChI=1S/C14H14ClN3O5/c1-2-5-16-13(21)14(22)18-17-7-9-6-10(15)3-4-11(9)23-8-12(19)20/h2-4,6-7H,1,5,8H2,(H,16,21)(H,18,22)(H,19,20)/p-1/b17-7-. The van der Waals surface area contributed by atoms with E-state index in [2.05, 4.69) is 17.0 Å². The highest BCUT2D eigenvalue weighted by Gasteiger charge is 2.10. The molecule has 9 heteroatoms. The number of carboxylic acids is 1. The number of hydrogen-bond donors (Lipinski definition) is 2. The quantitative estimate of drug-likeness (QED) is 0.292. The molecule has 1 aromatic carbocycles. The van der Waals surface area contributed by atoms with E-state index >= 15 is 0 Å². The Hall–Kier alpha value is -2.87. The Labute approximate surface area is 136 Å². The van der Waals surface area contributed by atoms with Crippen LogP contribution in [0.15, 0.2) is 36.0 Å². The van der Waals surface area contributed by atoms with Crippen molar-refractivity contribution >= 4 is 35.6 Å². The highest BCUT2D eigenvalue weighted by molar-refractivity contribution is 6.35. The van der Waals surface area contributed by atoms with Crippen LogP contribution in [0.3, 0.4) is 0 Å². The number of ether oxygens (including phenoxy) is 1. The molecule has 0 spiro atoms. The second-order valence-electron chi connectivity index (χ2n) is 4.04. The number of benzene rings is 1. The summed E-state index contributed by atoms with van der Waals surface area (Å²) in [7, 11) is 0. The zero-order valence-corrected chi connectivity index (χ0v) is 12.6. The summed E-state index contributed by atoms with van der Waals surface area (Å²) in [6.07, 6.45) is 2.58. The molecule has 0 atom stereocenters. The van der Waals surface area contributed by atoms with Crippen molar-refractivity contribution in [3.63, 3.8) is 0 Å². The molecule has 2 amide bonds. The largest absolute Gasteiger partial charge is 0.546 e. The lowest BCUT2D eigenvalue weighted by molar-refractivity contribution is -0.307. The van der Waals surface area contributed by atoms with Crippen LogP contribution in [0.1, 0.15) is 5.56 Å². The summed E-state index contributed by atoms with van der Waals surface area (Å²) in [4.78, 5) is 33.1. The first-order valence-corrected chi connectivity index (χ1v) is 6.66. The second kappa shape index (κ2) is 9.21. The van der Waals surface area contributed by atoms with Gasteiger partial charge in [-0.3, -0.25) is 9.59 Å². The summed E-state index contributed by atoms with van der Waals surface area (Å²) >= 11 is 5.82. The van der Waals surface area contributed by atoms with E-state index in [1.54, 1.807) is 0 Å². The number of carbonyl (C=O) groups excluding carboxylic acids is 3. The lowest BCUT2D eigenvalue weighted by Gasteiger charge is -2.09. The molecular formula is C14H13ClN3O5-. The second-order valence-corrected chi connectivity index (χ2v) is 4.48. The molecule has 1 aromatic rings. The minimum absolute atomic E-state index is 0.144. The number of hydrogen-bond acceptors (Lipinski definition) is 6. The predicted octanol–water partition coefficient (Wildman–Crippen LogP) is -0.779. The van der Waals surface area contributed by atoms with Gasteiger partial charge in [-0.25, -0.2) is 5.43 Å². The molecular weight excluding hydrogens is 326 g/mol. The third-order valence-corrected chi connectivity index (χ3v) is 2.54. The van der Waals surface area contributed by atoms with E-state index < -0.39 is 24.4 Å². The first-order valence-electron chi connectivity index (χ1n) is 6.28. The lowest BCUT2D eigenvalue weighted by Crippen LogP contribution is -2.37. The lowest BCUT2D eigenvalue weighted by atomic mass is 10.2. The fourth-order valence-electron chi connectivity index (χ4n) is 1.34. The van der Waals surface area contributed by atoms with Gasteiger partial charge in [0.1, 0.15) is 12.4 Å². The van der Waals surface area contributed by atoms with Gasteiger partial charge in [-0.15, -0.1) is 6.58 Å². The van der Waals surface area contributed by atoms with Gasteiger partial charge in [-0.2, -0.15) is 5.10 Å². The molecule has 0 unspecified atom stereocenters. The maximum absolute atomic E-state index is 11.4. The van der Waals surface area contributed by atoms with Gasteiger partial charge < -0.3 is 20.0 Å². The monoisotopic (exact) mass is 338 g/mol. The van der Waals surface area contributed by atoms with E-state index in [9.17, 15) is 19.5 Å². The maximum Gasteiger partial charge on any atom is 0.329 e. The molecule has 0 radical (unpaired) electrons. The predicted molar refractivity (Wildman–Crippen MR) is 80.9 cm³/mol. The normalized spacial score (nSPS) is 10.1. The van der Waals surface area contributed by atoms with Crippen molar-refractivity contribution in [1.82, 2.24) is 10.7 Å². The first kappa shape index (κ1) is 18.2. The van der Waals surface area contributed by atoms with Gasteiger partial charge in [0, 0.05) is 17.1 Å². The van der Waals surface area contributed by atoms with Gasteiger partial charge >= 0.3 is 11.8 Å². The molecule has 0 bridgehead atoms. The topological polar surface area (TPSA) is 120 Å². The molecule has 0 aliphatic rings. The van der Waals surface area contributed by atoms with Gasteiger partial charge in [0.2, 0.25) is 0 Å². The summed E-state index contributed by atoms with van der Waals surface area (Å²) in [6.45, 7) is 2.88. The Kier molecular flexibility index (Phi) is 7.28. The molecule has 0 aliphatic heterocycles. The minimum Gasteiger partial charge on any atom is -0.546 e. The van der Waals surface area contributed by atoms with E-state index in [1.807, 2.05) is 5.43 Å². The number of carbonyl (C=O) groups is 3. The summed E-state index contributed by atoms with van der Waals surface area (Å²) in [5.41, 5.74) is 2.32. The van der Waals surface area contributed by atoms with Crippen LogP contribution in [0.5, 0.6) is 5.75 Å². The van der Waals surface area contributed by atoms with Crippen molar-refractivity contribution in [2.75, 3.05) is 13.2 Å². The van der Waals surface area contributed by atoms with Crippen LogP contribution < -0.4 is 20.6 Å². The van der Waals surface area contributed by atoms with Crippen molar-refractivity contribution in [2.24, 2.45) is 5.10 Å². The number of aliphatic carboxylic acids is 1. The summed E-state index contributed by atoms with van der Waals surface area (Å²) in [5, 5.41) is 16.6. The molecule has 2 N–H and O–H groups in total. The van der Waals surface area contributed by atoms with Gasteiger partial charge in [-0.1, -0.05) is 17.7 Å². The van der Waals surface area contributed by atoms with Gasteiger partial charge in [0.05, 0.1) is 12.2 Å². The van der Waals surface area contributed by atoms with Crippen molar-refractivity contribution in [3.8, 4) is 5.75 Å². The number of amides is 2. The zero-order chi connectivity index (χ0) is 17.2. The average molecular weight is 339 g/mol. The van der Waals surface area contributed by atoms with Crippen molar-refractivity contribution in [3.05, 3.63) is 41.4 Å². The molecule has 0 aliphatic carbocycles. The van der Waals surface area contributed by atoms with E-state index in [-0.39, 0.29) is 12.3 Å². The van der Waals surface area contributed by atoms with Crippen LogP contribution in [-0.4, -0.2) is 37.1 Å². The highest BCUT2D eigenvalue weighted by atomic mass is 35.5. The summed E-state index contributed by atoms with van der Waals surface area (Å²) in [5.74, 6) is -3.06. The SMILES string of the molecule is C=CCNC(=O)C(=O)N/N=C\c1cc(Cl)ccc1OCC(=O)[O-].